The molecule has 0 spiro atoms. The summed E-state index contributed by atoms with van der Waals surface area (Å²) in [7, 11) is 1.61. The van der Waals surface area contributed by atoms with Crippen molar-refractivity contribution in [1.29, 1.82) is 0 Å². The molecule has 3 aliphatic heterocycles. The minimum atomic E-state index is -1.40. The van der Waals surface area contributed by atoms with E-state index in [2.05, 4.69) is 5.32 Å². The second kappa shape index (κ2) is 11.0. The van der Waals surface area contributed by atoms with E-state index in [0.717, 1.165) is 0 Å². The Labute approximate surface area is 204 Å². The van der Waals surface area contributed by atoms with E-state index in [0.29, 0.717) is 12.8 Å². The van der Waals surface area contributed by atoms with E-state index in [4.69, 9.17) is 46.6 Å². The van der Waals surface area contributed by atoms with Gasteiger partial charge in [-0.1, -0.05) is 0 Å². The highest BCUT2D eigenvalue weighted by Gasteiger charge is 2.53. The lowest BCUT2D eigenvalue weighted by Crippen LogP contribution is -2.69. The smallest absolute Gasteiger partial charge is 0.189 e. The fourth-order valence-electron chi connectivity index (χ4n) is 5.42. The summed E-state index contributed by atoms with van der Waals surface area (Å²) in [4.78, 5) is 0. The van der Waals surface area contributed by atoms with Crippen molar-refractivity contribution in [2.75, 3.05) is 7.05 Å². The Hall–Kier alpha value is -0.560. The van der Waals surface area contributed by atoms with Crippen LogP contribution in [0.5, 0.6) is 0 Å². The molecule has 3 heterocycles. The molecule has 0 radical (unpaired) electrons. The largest absolute Gasteiger partial charge is 0.390 e. The topological polar surface area (TPSA) is 243 Å². The Balaban J connectivity index is 1.42. The monoisotopic (exact) mass is 507 g/mol. The maximum Gasteiger partial charge on any atom is 0.189 e. The fraction of sp³-hybridized carbons (Fsp3) is 1.00. The van der Waals surface area contributed by atoms with Crippen LogP contribution >= 0.6 is 0 Å². The normalized spacial score (nSPS) is 55.4. The van der Waals surface area contributed by atoms with E-state index in [1.807, 2.05) is 0 Å². The Morgan fingerprint density at radius 3 is 2.14 bits per heavy atom. The maximum absolute atomic E-state index is 11.1. The van der Waals surface area contributed by atoms with Crippen molar-refractivity contribution >= 4 is 0 Å². The predicted octanol–water partition coefficient (Wildman–Crippen LogP) is -4.89. The van der Waals surface area contributed by atoms with Crippen molar-refractivity contribution in [3.63, 3.8) is 0 Å². The van der Waals surface area contributed by atoms with E-state index >= 15 is 0 Å². The number of ether oxygens (including phenoxy) is 5. The van der Waals surface area contributed by atoms with Crippen LogP contribution in [0.4, 0.5) is 0 Å². The standard InChI is InChI=1S/C21H41N5O9/c1-6-12(25)14(28)16(30)21(31-6)35-20-13(26-2)15(29)18-11(32-20)5-9(24)19(34-18)33-17-8(23)3-7(22)4-10(17)27/h6-21,26-30H,3-5,22-25H2,1-2H3/t6?,7-,8?,9?,10-,11+,12-,13?,14?,15?,16?,17-,18?,19+,20?,21-/m1/s1. The third-order valence-corrected chi connectivity index (χ3v) is 7.55. The van der Waals surface area contributed by atoms with Gasteiger partial charge in [-0.05, 0) is 33.2 Å². The molecule has 1 saturated carbocycles. The molecule has 0 aromatic heterocycles. The van der Waals surface area contributed by atoms with Gasteiger partial charge >= 0.3 is 0 Å². The Morgan fingerprint density at radius 2 is 1.49 bits per heavy atom. The molecule has 4 fully saturated rings. The molecule has 0 aromatic rings. The molecule has 0 amide bonds. The van der Waals surface area contributed by atoms with Crippen molar-refractivity contribution in [3.8, 4) is 0 Å². The van der Waals surface area contributed by atoms with Crippen molar-refractivity contribution in [3.05, 3.63) is 0 Å². The van der Waals surface area contributed by atoms with Crippen LogP contribution in [0.2, 0.25) is 0 Å². The van der Waals surface area contributed by atoms with Crippen LogP contribution in [0.25, 0.3) is 0 Å². The number of rotatable bonds is 5. The molecule has 3 saturated heterocycles. The van der Waals surface area contributed by atoms with E-state index in [-0.39, 0.29) is 12.5 Å². The van der Waals surface area contributed by atoms with E-state index in [1.54, 1.807) is 14.0 Å². The SMILES string of the molecule is CNC1C(O[C@H]2OC(C)[C@@H](N)C(O)C2O)O[C@H]2CC(N)[C@@H](O[C@@H]3C(N)C[C@@H](N)C[C@H]3O)OC2C1O. The average molecular weight is 508 g/mol. The summed E-state index contributed by atoms with van der Waals surface area (Å²) < 4.78 is 29.6. The first-order valence-electron chi connectivity index (χ1n) is 12.2. The zero-order valence-corrected chi connectivity index (χ0v) is 20.0. The van der Waals surface area contributed by atoms with Crippen molar-refractivity contribution in [2.24, 2.45) is 22.9 Å². The van der Waals surface area contributed by atoms with Gasteiger partial charge in [0.1, 0.15) is 30.5 Å². The third-order valence-electron chi connectivity index (χ3n) is 7.55. The lowest BCUT2D eigenvalue weighted by atomic mass is 9.86. The highest BCUT2D eigenvalue weighted by atomic mass is 16.8. The highest BCUT2D eigenvalue weighted by molar-refractivity contribution is 5.00. The Bertz CT molecular complexity index is 698. The molecule has 1 aliphatic carbocycles. The van der Waals surface area contributed by atoms with Gasteiger partial charge in [0.15, 0.2) is 18.9 Å². The molecule has 4 rings (SSSR count). The summed E-state index contributed by atoms with van der Waals surface area (Å²) in [5, 5.41) is 45.1. The number of aliphatic hydroxyl groups is 4. The molecule has 0 bridgehead atoms. The average Bonchev–Trinajstić information content (AvgIpc) is 2.79. The van der Waals surface area contributed by atoms with E-state index in [9.17, 15) is 20.4 Å². The van der Waals surface area contributed by atoms with Crippen LogP contribution in [0.15, 0.2) is 0 Å². The summed E-state index contributed by atoms with van der Waals surface area (Å²) in [6.45, 7) is 1.66. The molecule has 14 nitrogen and oxygen atoms in total. The van der Waals surface area contributed by atoms with Gasteiger partial charge in [0.2, 0.25) is 0 Å². The minimum absolute atomic E-state index is 0.210. The van der Waals surface area contributed by atoms with Crippen LogP contribution < -0.4 is 28.3 Å². The first kappa shape index (κ1) is 27.5. The summed E-state index contributed by atoms with van der Waals surface area (Å²) in [6, 6.07) is -2.88. The number of fused-ring (bicyclic) bond motifs is 1. The Kier molecular flexibility index (Phi) is 8.67. The van der Waals surface area contributed by atoms with Crippen LogP contribution in [0, 0.1) is 0 Å². The molecule has 16 atom stereocenters. The molecule has 204 valence electrons. The summed E-state index contributed by atoms with van der Waals surface area (Å²) in [5.74, 6) is 0. The molecule has 13 N–H and O–H groups in total. The molecule has 0 aromatic carbocycles. The Morgan fingerprint density at radius 1 is 0.771 bits per heavy atom. The van der Waals surface area contributed by atoms with Gasteiger partial charge in [0, 0.05) is 12.1 Å². The quantitative estimate of drug-likeness (QED) is 0.169. The maximum atomic E-state index is 11.1. The first-order chi connectivity index (χ1) is 16.5. The van der Waals surface area contributed by atoms with Gasteiger partial charge in [-0.25, -0.2) is 0 Å². The third kappa shape index (κ3) is 5.51. The first-order valence-corrected chi connectivity index (χ1v) is 12.2. The molecule has 35 heavy (non-hydrogen) atoms. The highest BCUT2D eigenvalue weighted by Crippen LogP contribution is 2.35. The second-order valence-electron chi connectivity index (χ2n) is 10.2. The lowest BCUT2D eigenvalue weighted by Gasteiger charge is -2.51. The van der Waals surface area contributed by atoms with Gasteiger partial charge in [-0.15, -0.1) is 0 Å². The second-order valence-corrected chi connectivity index (χ2v) is 10.2. The van der Waals surface area contributed by atoms with Crippen molar-refractivity contribution in [1.82, 2.24) is 5.32 Å². The van der Waals surface area contributed by atoms with Gasteiger partial charge in [0.25, 0.3) is 0 Å². The van der Waals surface area contributed by atoms with Crippen LogP contribution in [-0.2, 0) is 23.7 Å². The molecule has 9 unspecified atom stereocenters. The van der Waals surface area contributed by atoms with Crippen LogP contribution in [0.1, 0.15) is 26.2 Å². The number of likely N-dealkylation sites (N-methyl/N-ethyl adjacent to an activating group) is 1. The number of nitrogens with two attached hydrogens (primary N) is 4. The van der Waals surface area contributed by atoms with Gasteiger partial charge in [0.05, 0.1) is 36.4 Å². The number of nitrogens with one attached hydrogen (secondary N) is 1. The van der Waals surface area contributed by atoms with Crippen molar-refractivity contribution < 1.29 is 44.1 Å². The summed E-state index contributed by atoms with van der Waals surface area (Å²) >= 11 is 0. The molecular weight excluding hydrogens is 466 g/mol. The van der Waals surface area contributed by atoms with E-state index < -0.39 is 91.9 Å². The van der Waals surface area contributed by atoms with Gasteiger partial charge < -0.3 is 72.4 Å². The fourth-order valence-corrected chi connectivity index (χ4v) is 5.42. The summed E-state index contributed by atoms with van der Waals surface area (Å²) in [5.41, 5.74) is 24.2. The van der Waals surface area contributed by atoms with Gasteiger partial charge in [-0.3, -0.25) is 0 Å². The lowest BCUT2D eigenvalue weighted by molar-refractivity contribution is -0.370. The zero-order valence-electron chi connectivity index (χ0n) is 20.0. The zero-order chi connectivity index (χ0) is 25.6. The van der Waals surface area contributed by atoms with Crippen LogP contribution in [0.3, 0.4) is 0 Å². The summed E-state index contributed by atoms with van der Waals surface area (Å²) in [6.07, 6.45) is -9.45. The van der Waals surface area contributed by atoms with Crippen LogP contribution in [-0.4, -0.2) is 125 Å². The van der Waals surface area contributed by atoms with E-state index in [1.165, 1.54) is 0 Å². The molecule has 4 aliphatic rings. The van der Waals surface area contributed by atoms with Crippen molar-refractivity contribution in [2.45, 2.75) is 124 Å². The number of hydrogen-bond donors (Lipinski definition) is 9. The molecular formula is C21H41N5O9. The minimum Gasteiger partial charge on any atom is -0.390 e. The number of hydrogen-bond acceptors (Lipinski definition) is 14. The predicted molar refractivity (Wildman–Crippen MR) is 120 cm³/mol. The van der Waals surface area contributed by atoms with Gasteiger partial charge in [-0.2, -0.15) is 0 Å². The molecule has 14 heteroatoms. The number of aliphatic hydroxyl groups excluding tert-OH is 4.